The van der Waals surface area contributed by atoms with Gasteiger partial charge < -0.3 is 10.3 Å². The third-order valence-electron chi connectivity index (χ3n) is 2.05. The SMILES string of the molecule is CCCc1ncc(CCN)n1C. The Kier molecular flexibility index (Phi) is 3.29. The predicted octanol–water partition coefficient (Wildman–Crippen LogP) is 0.874. The fourth-order valence-electron chi connectivity index (χ4n) is 1.32. The molecule has 0 aliphatic rings. The molecule has 3 nitrogen and oxygen atoms in total. The van der Waals surface area contributed by atoms with Gasteiger partial charge in [-0.05, 0) is 13.0 Å². The molecule has 0 unspecified atom stereocenters. The zero-order valence-corrected chi connectivity index (χ0v) is 7.88. The summed E-state index contributed by atoms with van der Waals surface area (Å²) in [4.78, 5) is 4.33. The lowest BCUT2D eigenvalue weighted by Crippen LogP contribution is -2.08. The Labute approximate surface area is 73.6 Å². The predicted molar refractivity (Wildman–Crippen MR) is 50.0 cm³/mol. The van der Waals surface area contributed by atoms with Crippen molar-refractivity contribution in [1.29, 1.82) is 0 Å². The number of hydrogen-bond donors (Lipinski definition) is 1. The van der Waals surface area contributed by atoms with Crippen LogP contribution in [0, 0.1) is 0 Å². The molecular formula is C9H17N3. The summed E-state index contributed by atoms with van der Waals surface area (Å²) < 4.78 is 2.15. The van der Waals surface area contributed by atoms with Crippen LogP contribution in [0.2, 0.25) is 0 Å². The van der Waals surface area contributed by atoms with E-state index in [1.54, 1.807) is 0 Å². The van der Waals surface area contributed by atoms with E-state index in [0.717, 1.165) is 19.3 Å². The second-order valence-corrected chi connectivity index (χ2v) is 3.01. The van der Waals surface area contributed by atoms with Gasteiger partial charge in [-0.1, -0.05) is 6.92 Å². The van der Waals surface area contributed by atoms with Crippen molar-refractivity contribution in [2.24, 2.45) is 12.8 Å². The van der Waals surface area contributed by atoms with Crippen molar-refractivity contribution >= 4 is 0 Å². The molecular weight excluding hydrogens is 150 g/mol. The highest BCUT2D eigenvalue weighted by Gasteiger charge is 2.03. The summed E-state index contributed by atoms with van der Waals surface area (Å²) >= 11 is 0. The zero-order valence-electron chi connectivity index (χ0n) is 7.88. The molecule has 0 radical (unpaired) electrons. The third-order valence-corrected chi connectivity index (χ3v) is 2.05. The Hall–Kier alpha value is -0.830. The zero-order chi connectivity index (χ0) is 8.97. The van der Waals surface area contributed by atoms with Crippen molar-refractivity contribution in [1.82, 2.24) is 9.55 Å². The van der Waals surface area contributed by atoms with Gasteiger partial charge in [0.2, 0.25) is 0 Å². The number of nitrogens with zero attached hydrogens (tertiary/aromatic N) is 2. The molecule has 68 valence electrons. The van der Waals surface area contributed by atoms with Gasteiger partial charge in [0.25, 0.3) is 0 Å². The normalized spacial score (nSPS) is 10.6. The maximum atomic E-state index is 5.47. The lowest BCUT2D eigenvalue weighted by atomic mass is 10.3. The Bertz CT molecular complexity index is 216. The summed E-state index contributed by atoms with van der Waals surface area (Å²) in [6.45, 7) is 2.86. The maximum Gasteiger partial charge on any atom is 0.108 e. The number of nitrogens with two attached hydrogens (primary N) is 1. The second-order valence-electron chi connectivity index (χ2n) is 3.01. The molecule has 3 heteroatoms. The van der Waals surface area contributed by atoms with Crippen LogP contribution in [-0.2, 0) is 19.9 Å². The molecule has 0 spiro atoms. The minimum absolute atomic E-state index is 0.700. The highest BCUT2D eigenvalue weighted by molar-refractivity contribution is 5.05. The molecule has 0 bridgehead atoms. The average molecular weight is 167 g/mol. The molecule has 1 aromatic rings. The number of rotatable bonds is 4. The lowest BCUT2D eigenvalue weighted by molar-refractivity contribution is 0.723. The van der Waals surface area contributed by atoms with Gasteiger partial charge in [-0.25, -0.2) is 4.98 Å². The third kappa shape index (κ3) is 1.85. The van der Waals surface area contributed by atoms with Crippen molar-refractivity contribution in [2.45, 2.75) is 26.2 Å². The van der Waals surface area contributed by atoms with Crippen LogP contribution in [0.25, 0.3) is 0 Å². The standard InChI is InChI=1S/C9H17N3/c1-3-4-9-11-7-8(5-6-10)12(9)2/h7H,3-6,10H2,1-2H3. The van der Waals surface area contributed by atoms with E-state index >= 15 is 0 Å². The van der Waals surface area contributed by atoms with Crippen molar-refractivity contribution < 1.29 is 0 Å². The molecule has 0 aliphatic carbocycles. The quantitative estimate of drug-likeness (QED) is 0.723. The Morgan fingerprint density at radius 3 is 2.83 bits per heavy atom. The van der Waals surface area contributed by atoms with Crippen molar-refractivity contribution in [3.8, 4) is 0 Å². The molecule has 0 aliphatic heterocycles. The fraction of sp³-hybridized carbons (Fsp3) is 0.667. The minimum Gasteiger partial charge on any atom is -0.335 e. The van der Waals surface area contributed by atoms with Gasteiger partial charge in [0, 0.05) is 31.8 Å². The molecule has 1 rings (SSSR count). The van der Waals surface area contributed by atoms with Crippen LogP contribution in [0.5, 0.6) is 0 Å². The van der Waals surface area contributed by atoms with E-state index in [4.69, 9.17) is 5.73 Å². The van der Waals surface area contributed by atoms with Crippen LogP contribution < -0.4 is 5.73 Å². The van der Waals surface area contributed by atoms with Crippen LogP contribution >= 0.6 is 0 Å². The summed E-state index contributed by atoms with van der Waals surface area (Å²) in [7, 11) is 2.06. The van der Waals surface area contributed by atoms with E-state index in [-0.39, 0.29) is 0 Å². The van der Waals surface area contributed by atoms with E-state index in [1.165, 1.54) is 11.5 Å². The summed E-state index contributed by atoms with van der Waals surface area (Å²) in [5.41, 5.74) is 6.71. The molecule has 1 heterocycles. The fourth-order valence-corrected chi connectivity index (χ4v) is 1.32. The highest BCUT2D eigenvalue weighted by Crippen LogP contribution is 2.05. The smallest absolute Gasteiger partial charge is 0.108 e. The van der Waals surface area contributed by atoms with E-state index in [2.05, 4.69) is 23.5 Å². The average Bonchev–Trinajstić information content (AvgIpc) is 2.38. The van der Waals surface area contributed by atoms with E-state index in [0.29, 0.717) is 6.54 Å². The monoisotopic (exact) mass is 167 g/mol. The van der Waals surface area contributed by atoms with Gasteiger partial charge in [-0.15, -0.1) is 0 Å². The maximum absolute atomic E-state index is 5.47. The topological polar surface area (TPSA) is 43.8 Å². The van der Waals surface area contributed by atoms with Gasteiger partial charge >= 0.3 is 0 Å². The van der Waals surface area contributed by atoms with Gasteiger partial charge in [-0.3, -0.25) is 0 Å². The van der Waals surface area contributed by atoms with Crippen LogP contribution in [0.15, 0.2) is 6.20 Å². The van der Waals surface area contributed by atoms with Crippen LogP contribution in [0.3, 0.4) is 0 Å². The minimum atomic E-state index is 0.700. The summed E-state index contributed by atoms with van der Waals surface area (Å²) in [6.07, 6.45) is 5.05. The molecule has 0 amide bonds. The molecule has 12 heavy (non-hydrogen) atoms. The Morgan fingerprint density at radius 1 is 1.50 bits per heavy atom. The molecule has 0 saturated carbocycles. The van der Waals surface area contributed by atoms with Crippen LogP contribution in [0.4, 0.5) is 0 Å². The molecule has 1 aromatic heterocycles. The lowest BCUT2D eigenvalue weighted by Gasteiger charge is -2.03. The molecule has 0 saturated heterocycles. The van der Waals surface area contributed by atoms with Crippen molar-refractivity contribution in [3.05, 3.63) is 17.7 Å². The van der Waals surface area contributed by atoms with Crippen LogP contribution in [-0.4, -0.2) is 16.1 Å². The Balaban J connectivity index is 2.74. The molecule has 0 aromatic carbocycles. The van der Waals surface area contributed by atoms with Crippen molar-refractivity contribution in [3.63, 3.8) is 0 Å². The molecule has 0 atom stereocenters. The summed E-state index contributed by atoms with van der Waals surface area (Å²) in [6, 6.07) is 0. The van der Waals surface area contributed by atoms with E-state index in [1.807, 2.05) is 6.20 Å². The van der Waals surface area contributed by atoms with Gasteiger partial charge in [0.1, 0.15) is 5.82 Å². The highest BCUT2D eigenvalue weighted by atomic mass is 15.1. The number of hydrogen-bond acceptors (Lipinski definition) is 2. The largest absolute Gasteiger partial charge is 0.335 e. The first-order valence-corrected chi connectivity index (χ1v) is 4.49. The molecule has 2 N–H and O–H groups in total. The molecule has 0 fully saturated rings. The first kappa shape index (κ1) is 9.26. The first-order valence-electron chi connectivity index (χ1n) is 4.49. The number of imidazole rings is 1. The second kappa shape index (κ2) is 4.26. The van der Waals surface area contributed by atoms with Gasteiger partial charge in [0.05, 0.1) is 0 Å². The van der Waals surface area contributed by atoms with Gasteiger partial charge in [0.15, 0.2) is 0 Å². The van der Waals surface area contributed by atoms with Crippen molar-refractivity contribution in [2.75, 3.05) is 6.54 Å². The Morgan fingerprint density at radius 2 is 2.25 bits per heavy atom. The number of aryl methyl sites for hydroxylation is 1. The summed E-state index contributed by atoms with van der Waals surface area (Å²) in [5, 5.41) is 0. The first-order chi connectivity index (χ1) is 5.79. The van der Waals surface area contributed by atoms with Gasteiger partial charge in [-0.2, -0.15) is 0 Å². The van der Waals surface area contributed by atoms with E-state index < -0.39 is 0 Å². The van der Waals surface area contributed by atoms with E-state index in [9.17, 15) is 0 Å². The number of aromatic nitrogens is 2. The van der Waals surface area contributed by atoms with Crippen LogP contribution in [0.1, 0.15) is 24.9 Å². The summed E-state index contributed by atoms with van der Waals surface area (Å²) in [5.74, 6) is 1.17.